The van der Waals surface area contributed by atoms with Crippen molar-refractivity contribution in [3.63, 3.8) is 0 Å². The Morgan fingerprint density at radius 2 is 0.681 bits per heavy atom. The maximum atomic E-state index is 13.3. The molecule has 38 heteroatoms. The predicted octanol–water partition coefficient (Wildman–Crippen LogP) is -18.2. The molecule has 0 spiro atoms. The number of fused-ring (bicyclic) bond motifs is 2. The van der Waals surface area contributed by atoms with Crippen LogP contribution in [-0.4, -0.2) is 101 Å². The first kappa shape index (κ1) is 71.4. The number of benzene rings is 4. The van der Waals surface area contributed by atoms with Crippen molar-refractivity contribution in [3.05, 3.63) is 94.1 Å². The van der Waals surface area contributed by atoms with Gasteiger partial charge in [-0.2, -0.15) is 10.2 Å². The Labute approximate surface area is 542 Å². The van der Waals surface area contributed by atoms with E-state index >= 15 is 0 Å². The van der Waals surface area contributed by atoms with E-state index in [1.165, 1.54) is 0 Å². The number of ketones is 2. The number of hydrazone groups is 2. The van der Waals surface area contributed by atoms with Gasteiger partial charge in [-0.05, 0) is 59.7 Å². The molecule has 2 aliphatic carbocycles. The van der Waals surface area contributed by atoms with E-state index < -0.39 is 158 Å². The van der Waals surface area contributed by atoms with Crippen LogP contribution in [0, 0.1) is 0 Å². The summed E-state index contributed by atoms with van der Waals surface area (Å²) in [5, 5.41) is 7.46. The normalized spacial score (nSPS) is 14.6. The molecule has 6 rings (SSSR count). The van der Waals surface area contributed by atoms with Crippen LogP contribution in [0.15, 0.2) is 100 Å². The minimum atomic E-state index is -5.54. The zero-order valence-electron chi connectivity index (χ0n) is 37.7. The van der Waals surface area contributed by atoms with Crippen molar-refractivity contribution in [2.45, 2.75) is 29.4 Å². The van der Waals surface area contributed by atoms with E-state index in [4.69, 9.17) is 11.5 Å². The third-order valence-electron chi connectivity index (χ3n) is 9.10. The minimum absolute atomic E-state index is 0. The first-order chi connectivity index (χ1) is 30.2. The number of nitrogens with two attached hydrogens (primary N) is 2. The number of nitrogens with zero attached hydrogens (tertiary/aromatic N) is 2. The van der Waals surface area contributed by atoms with Gasteiger partial charge in [-0.1, -0.05) is 36.4 Å². The Bertz CT molecular complexity index is 3530. The van der Waals surface area contributed by atoms with Crippen molar-refractivity contribution in [2.75, 3.05) is 22.3 Å². The van der Waals surface area contributed by atoms with E-state index in [9.17, 15) is 87.4 Å². The Morgan fingerprint density at radius 3 is 0.944 bits per heavy atom. The van der Waals surface area contributed by atoms with E-state index in [-0.39, 0.29) is 201 Å². The first-order valence-corrected chi connectivity index (χ1v) is 25.4. The molecule has 0 saturated carbocycles. The van der Waals surface area contributed by atoms with E-state index in [1.54, 1.807) is 0 Å². The van der Waals surface area contributed by atoms with Crippen molar-refractivity contribution in [1.29, 1.82) is 0 Å². The molecular formula is C34H20N6Na6O20S6. The maximum absolute atomic E-state index is 13.3. The molecule has 26 nitrogen and oxygen atoms in total. The van der Waals surface area contributed by atoms with Crippen LogP contribution in [0.5, 0.6) is 0 Å². The number of Topliss-reactive ketones (excluding diaryl/α,β-unsaturated/α-hetero) is 2. The van der Waals surface area contributed by atoms with Crippen LogP contribution in [0.3, 0.4) is 0 Å². The van der Waals surface area contributed by atoms with E-state index in [0.29, 0.717) is 12.1 Å². The Morgan fingerprint density at radius 1 is 0.403 bits per heavy atom. The molecule has 4 aromatic carbocycles. The molecule has 72 heavy (non-hydrogen) atoms. The summed E-state index contributed by atoms with van der Waals surface area (Å²) in [5.74, 6) is -2.61. The molecule has 0 fully saturated rings. The number of carbonyl (C=O) groups is 2. The fourth-order valence-electron chi connectivity index (χ4n) is 6.23. The Hall–Kier alpha value is -0.560. The summed E-state index contributed by atoms with van der Waals surface area (Å²) in [5.41, 5.74) is 7.98. The second-order valence-electron chi connectivity index (χ2n) is 13.3. The van der Waals surface area contributed by atoms with Crippen molar-refractivity contribution >= 4 is 131 Å². The summed E-state index contributed by atoms with van der Waals surface area (Å²) in [4.78, 5) is 19.3. The predicted molar refractivity (Wildman–Crippen MR) is 220 cm³/mol. The van der Waals surface area contributed by atoms with Crippen molar-refractivity contribution in [2.24, 2.45) is 10.2 Å². The molecule has 0 unspecified atom stereocenters. The molecule has 0 aliphatic heterocycles. The largest absolute Gasteiger partial charge is 1.00 e. The number of nitrogen functional groups attached to an aromatic ring is 2. The summed E-state index contributed by atoms with van der Waals surface area (Å²) in [6, 6.07) is 5.90. The SMILES string of the molecule is Nc1c(S(=O)(=O)[O-])cc(S(=O)(=O)[O-])c2c1C(=O)/C(=N/Nc1ccc(/C=C/c3ccc(N/N=C4\C=Cc5c(S(=O)(=O)[O-])cc(S(=O)(=O)[O-])c(N)c5C4=O)cc3S(=O)(=O)[O-])c(S(=O)(=O)[O-])c1)C=C2.[Na+].[Na+].[Na+].[Na+].[Na+].[Na+]. The summed E-state index contributed by atoms with van der Waals surface area (Å²) < 4.78 is 216. The molecule has 0 bridgehead atoms. The maximum Gasteiger partial charge on any atom is 1.00 e. The topological polar surface area (TPSA) is 478 Å². The van der Waals surface area contributed by atoms with Crippen LogP contribution in [0.4, 0.5) is 22.7 Å². The van der Waals surface area contributed by atoms with Crippen LogP contribution in [0.25, 0.3) is 24.3 Å². The van der Waals surface area contributed by atoms with E-state index in [0.717, 1.165) is 60.7 Å². The fraction of sp³-hybridized carbons (Fsp3) is 0. The molecule has 0 atom stereocenters. The van der Waals surface area contributed by atoms with Crippen molar-refractivity contribution < 1.29 is 265 Å². The summed E-state index contributed by atoms with van der Waals surface area (Å²) >= 11 is 0. The van der Waals surface area contributed by atoms with Gasteiger partial charge in [0.25, 0.3) is 0 Å². The number of anilines is 4. The molecule has 0 aromatic heterocycles. The van der Waals surface area contributed by atoms with Crippen LogP contribution in [0.1, 0.15) is 43.0 Å². The number of rotatable bonds is 12. The quantitative estimate of drug-likeness (QED) is 0.0336. The van der Waals surface area contributed by atoms with Gasteiger partial charge in [0.15, 0.2) is 0 Å². The molecular weight excluding hydrogens is 1140 g/mol. The second kappa shape index (κ2) is 26.4. The third-order valence-corrected chi connectivity index (χ3v) is 14.4. The average Bonchev–Trinajstić information content (AvgIpc) is 3.17. The Kier molecular flexibility index (Phi) is 26.2. The molecule has 348 valence electrons. The zero-order valence-corrected chi connectivity index (χ0v) is 54.6. The number of allylic oxidation sites excluding steroid dienone is 2. The monoisotopic (exact) mass is 1160 g/mol. The Balaban J connectivity index is 0.00000840. The van der Waals surface area contributed by atoms with Crippen molar-refractivity contribution in [1.82, 2.24) is 0 Å². The smallest absolute Gasteiger partial charge is 0.744 e. The summed E-state index contributed by atoms with van der Waals surface area (Å²) in [7, 11) is -32.9. The molecule has 2 aliphatic rings. The van der Waals surface area contributed by atoms with Crippen LogP contribution in [-0.2, 0) is 60.7 Å². The molecule has 6 N–H and O–H groups in total. The standard InChI is InChI=1S/C34H26N6O20S6.6Na/c35-31-27(65(55,56)57)13-25(63(49,50)51)19-7-9-21(33(41)29(19)31)39-37-17-5-3-15(23(11-17)61(43,44)45)1-2-16-4-6-18(12-24(16)62(46,47)48)38-40-22-10-8-20-26(64(52,53)54)14-28(66(58,59)60)32(36)30(20)34(22)42;;;;;;/h1-14,37-38H,35-36H2,(H,43,44,45)(H,46,47,48)(H,49,50,51)(H,52,53,54)(H,55,56,57)(H,58,59,60);;;;;;/q;6*+1/p-6/b2-1+,39-21+,40-22+;;;;;;. The second-order valence-corrected chi connectivity index (χ2v) is 21.3. The zero-order chi connectivity index (χ0) is 49.3. The van der Waals surface area contributed by atoms with Gasteiger partial charge < -0.3 is 38.8 Å². The van der Waals surface area contributed by atoms with E-state index in [2.05, 4.69) is 21.1 Å². The number of nitrogens with one attached hydrogen (secondary N) is 2. The molecule has 4 aromatic rings. The van der Waals surface area contributed by atoms with Gasteiger partial charge in [0, 0.05) is 11.1 Å². The third kappa shape index (κ3) is 16.0. The van der Waals surface area contributed by atoms with Crippen LogP contribution in [0.2, 0.25) is 0 Å². The molecule has 0 heterocycles. The minimum Gasteiger partial charge on any atom is -0.744 e. The van der Waals surface area contributed by atoms with Gasteiger partial charge in [-0.25, -0.2) is 50.5 Å². The number of hydrogen-bond acceptors (Lipinski definition) is 26. The van der Waals surface area contributed by atoms with Gasteiger partial charge in [0.05, 0.1) is 63.2 Å². The van der Waals surface area contributed by atoms with Gasteiger partial charge in [-0.3, -0.25) is 20.4 Å². The fourth-order valence-corrected chi connectivity index (χ4v) is 10.4. The molecule has 0 radical (unpaired) electrons. The van der Waals surface area contributed by atoms with Gasteiger partial charge in [0.1, 0.15) is 72.1 Å². The van der Waals surface area contributed by atoms with Crippen molar-refractivity contribution in [3.8, 4) is 0 Å². The van der Waals surface area contributed by atoms with Gasteiger partial charge >= 0.3 is 177 Å². The summed E-state index contributed by atoms with van der Waals surface area (Å²) in [6.07, 6.45) is 5.17. The van der Waals surface area contributed by atoms with Crippen LogP contribution < -0.4 is 200 Å². The molecule has 0 saturated heterocycles. The van der Waals surface area contributed by atoms with Gasteiger partial charge in [-0.15, -0.1) is 0 Å². The van der Waals surface area contributed by atoms with E-state index in [1.807, 2.05) is 0 Å². The first-order valence-electron chi connectivity index (χ1n) is 17.0. The number of carbonyl (C=O) groups excluding carboxylic acids is 2. The molecule has 0 amide bonds. The number of hydrogen-bond donors (Lipinski definition) is 4. The van der Waals surface area contributed by atoms with Crippen LogP contribution >= 0.6 is 0 Å². The summed E-state index contributed by atoms with van der Waals surface area (Å²) in [6.45, 7) is 0. The average molecular weight is 1160 g/mol. The van der Waals surface area contributed by atoms with Gasteiger partial charge in [0.2, 0.25) is 11.6 Å².